The fraction of sp³-hybridized carbons (Fsp3) is 0.562. The monoisotopic (exact) mass is 342 g/mol. The van der Waals surface area contributed by atoms with Gasteiger partial charge in [-0.15, -0.1) is 0 Å². The van der Waals surface area contributed by atoms with Crippen LogP contribution in [0, 0.1) is 11.7 Å². The van der Waals surface area contributed by atoms with Crippen LogP contribution in [-0.2, 0) is 14.8 Å². The molecule has 1 N–H and O–H groups in total. The second kappa shape index (κ2) is 7.88. The predicted molar refractivity (Wildman–Crippen MR) is 85.8 cm³/mol. The molecular formula is C16H23FN2O3S. The number of piperidine rings is 1. The average Bonchev–Trinajstić information content (AvgIpc) is 2.55. The van der Waals surface area contributed by atoms with E-state index in [9.17, 15) is 17.6 Å². The molecule has 2 rings (SSSR count). The molecule has 1 fully saturated rings. The zero-order valence-corrected chi connectivity index (χ0v) is 14.1. The lowest BCUT2D eigenvalue weighted by Crippen LogP contribution is -2.43. The van der Waals surface area contributed by atoms with Gasteiger partial charge in [0.25, 0.3) is 0 Å². The minimum atomic E-state index is -3.61. The quantitative estimate of drug-likeness (QED) is 0.806. The molecule has 0 radical (unpaired) electrons. The number of hydrogen-bond acceptors (Lipinski definition) is 3. The highest BCUT2D eigenvalue weighted by Gasteiger charge is 2.31. The standard InChI is InChI=1S/C16H23FN2O3S/c1-2-3-10-18-16(20)13-8-11-19(12-9-13)23(21,22)15-6-4-14(17)5-7-15/h4-7,13H,2-3,8-12H2,1H3,(H,18,20). The Labute approximate surface area is 136 Å². The number of halogens is 1. The van der Waals surface area contributed by atoms with Crippen molar-refractivity contribution in [2.75, 3.05) is 19.6 Å². The van der Waals surface area contributed by atoms with Crippen LogP contribution in [-0.4, -0.2) is 38.3 Å². The Kier molecular flexibility index (Phi) is 6.12. The molecule has 0 aromatic heterocycles. The predicted octanol–water partition coefficient (Wildman–Crippen LogP) is 2.14. The van der Waals surface area contributed by atoms with Gasteiger partial charge in [-0.05, 0) is 43.5 Å². The summed E-state index contributed by atoms with van der Waals surface area (Å²) in [5, 5.41) is 2.90. The van der Waals surface area contributed by atoms with E-state index in [0.717, 1.165) is 25.0 Å². The molecule has 5 nitrogen and oxygen atoms in total. The number of carbonyl (C=O) groups excluding carboxylic acids is 1. The van der Waals surface area contributed by atoms with E-state index in [1.54, 1.807) is 0 Å². The van der Waals surface area contributed by atoms with Gasteiger partial charge in [-0.2, -0.15) is 4.31 Å². The molecule has 23 heavy (non-hydrogen) atoms. The van der Waals surface area contributed by atoms with E-state index in [1.807, 2.05) is 0 Å². The summed E-state index contributed by atoms with van der Waals surface area (Å²) in [6.45, 7) is 3.35. The molecule has 1 aromatic carbocycles. The third-order valence-corrected chi connectivity index (χ3v) is 6.02. The maximum Gasteiger partial charge on any atom is 0.243 e. The van der Waals surface area contributed by atoms with E-state index in [2.05, 4.69) is 12.2 Å². The highest BCUT2D eigenvalue weighted by Crippen LogP contribution is 2.24. The molecule has 0 atom stereocenters. The lowest BCUT2D eigenvalue weighted by atomic mass is 9.97. The maximum absolute atomic E-state index is 12.9. The van der Waals surface area contributed by atoms with E-state index >= 15 is 0 Å². The molecule has 0 aliphatic carbocycles. The smallest absolute Gasteiger partial charge is 0.243 e. The van der Waals surface area contributed by atoms with Gasteiger partial charge < -0.3 is 5.32 Å². The summed E-state index contributed by atoms with van der Waals surface area (Å²) in [6.07, 6.45) is 2.99. The maximum atomic E-state index is 12.9. The summed E-state index contributed by atoms with van der Waals surface area (Å²) in [6, 6.07) is 4.82. The minimum absolute atomic E-state index is 0.0114. The Hall–Kier alpha value is -1.47. The topological polar surface area (TPSA) is 66.5 Å². The molecule has 1 aliphatic heterocycles. The summed E-state index contributed by atoms with van der Waals surface area (Å²) < 4.78 is 39.3. The fourth-order valence-electron chi connectivity index (χ4n) is 2.65. The molecule has 1 aromatic rings. The van der Waals surface area contributed by atoms with Crippen LogP contribution in [0.3, 0.4) is 0 Å². The van der Waals surface area contributed by atoms with Gasteiger partial charge in [-0.1, -0.05) is 13.3 Å². The third kappa shape index (κ3) is 4.51. The number of unbranched alkanes of at least 4 members (excludes halogenated alkanes) is 1. The van der Waals surface area contributed by atoms with Crippen molar-refractivity contribution in [3.63, 3.8) is 0 Å². The van der Waals surface area contributed by atoms with Gasteiger partial charge in [-0.3, -0.25) is 4.79 Å². The summed E-state index contributed by atoms with van der Waals surface area (Å²) in [5.41, 5.74) is 0. The molecular weight excluding hydrogens is 319 g/mol. The normalized spacial score (nSPS) is 17.1. The number of nitrogens with zero attached hydrogens (tertiary/aromatic N) is 1. The number of sulfonamides is 1. The van der Waals surface area contributed by atoms with Crippen LogP contribution < -0.4 is 5.32 Å². The number of rotatable bonds is 6. The Balaban J connectivity index is 1.93. The Morgan fingerprint density at radius 2 is 1.87 bits per heavy atom. The van der Waals surface area contributed by atoms with Crippen molar-refractivity contribution in [3.8, 4) is 0 Å². The van der Waals surface area contributed by atoms with Crippen molar-refractivity contribution < 1.29 is 17.6 Å². The molecule has 1 amide bonds. The average molecular weight is 342 g/mol. The van der Waals surface area contributed by atoms with Crippen LogP contribution >= 0.6 is 0 Å². The minimum Gasteiger partial charge on any atom is -0.356 e. The van der Waals surface area contributed by atoms with E-state index in [-0.39, 0.29) is 16.7 Å². The highest BCUT2D eigenvalue weighted by molar-refractivity contribution is 7.89. The first-order valence-corrected chi connectivity index (χ1v) is 9.42. The van der Waals surface area contributed by atoms with Gasteiger partial charge >= 0.3 is 0 Å². The largest absolute Gasteiger partial charge is 0.356 e. The van der Waals surface area contributed by atoms with Gasteiger partial charge in [0.15, 0.2) is 0 Å². The van der Waals surface area contributed by atoms with Gasteiger partial charge in [0.1, 0.15) is 5.82 Å². The van der Waals surface area contributed by atoms with Crippen molar-refractivity contribution >= 4 is 15.9 Å². The molecule has 0 saturated carbocycles. The Morgan fingerprint density at radius 1 is 1.26 bits per heavy atom. The molecule has 0 unspecified atom stereocenters. The van der Waals surface area contributed by atoms with Gasteiger partial charge in [0, 0.05) is 25.6 Å². The van der Waals surface area contributed by atoms with E-state index in [0.29, 0.717) is 32.5 Å². The van der Waals surface area contributed by atoms with E-state index in [1.165, 1.54) is 16.4 Å². The van der Waals surface area contributed by atoms with Crippen molar-refractivity contribution in [3.05, 3.63) is 30.1 Å². The second-order valence-corrected chi connectivity index (χ2v) is 7.71. The SMILES string of the molecule is CCCCNC(=O)C1CCN(S(=O)(=O)c2ccc(F)cc2)CC1. The van der Waals surface area contributed by atoms with Crippen LogP contribution in [0.15, 0.2) is 29.2 Å². The van der Waals surface area contributed by atoms with Gasteiger partial charge in [0.05, 0.1) is 4.90 Å². The first kappa shape index (κ1) is 17.9. The number of amides is 1. The van der Waals surface area contributed by atoms with Crippen molar-refractivity contribution in [1.82, 2.24) is 9.62 Å². The Bertz CT molecular complexity index is 623. The second-order valence-electron chi connectivity index (χ2n) is 5.78. The lowest BCUT2D eigenvalue weighted by molar-refractivity contribution is -0.126. The van der Waals surface area contributed by atoms with Gasteiger partial charge in [0.2, 0.25) is 15.9 Å². The molecule has 0 spiro atoms. The van der Waals surface area contributed by atoms with E-state index < -0.39 is 15.8 Å². The molecule has 0 bridgehead atoms. The van der Waals surface area contributed by atoms with Crippen LogP contribution in [0.2, 0.25) is 0 Å². The van der Waals surface area contributed by atoms with Crippen LogP contribution in [0.5, 0.6) is 0 Å². The first-order valence-electron chi connectivity index (χ1n) is 7.98. The number of carbonyl (C=O) groups is 1. The highest BCUT2D eigenvalue weighted by atomic mass is 32.2. The van der Waals surface area contributed by atoms with E-state index in [4.69, 9.17) is 0 Å². The summed E-state index contributed by atoms with van der Waals surface area (Å²) >= 11 is 0. The molecule has 1 aliphatic rings. The van der Waals surface area contributed by atoms with Gasteiger partial charge in [-0.25, -0.2) is 12.8 Å². The first-order chi connectivity index (χ1) is 10.9. The molecule has 1 saturated heterocycles. The molecule has 7 heteroatoms. The van der Waals surface area contributed by atoms with Crippen LogP contribution in [0.1, 0.15) is 32.6 Å². The zero-order valence-electron chi connectivity index (χ0n) is 13.3. The zero-order chi connectivity index (χ0) is 16.9. The number of hydrogen-bond donors (Lipinski definition) is 1. The number of benzene rings is 1. The van der Waals surface area contributed by atoms with Crippen LogP contribution in [0.4, 0.5) is 4.39 Å². The third-order valence-electron chi connectivity index (χ3n) is 4.11. The van der Waals surface area contributed by atoms with Crippen molar-refractivity contribution in [2.24, 2.45) is 5.92 Å². The van der Waals surface area contributed by atoms with Crippen molar-refractivity contribution in [2.45, 2.75) is 37.5 Å². The fourth-order valence-corrected chi connectivity index (χ4v) is 4.12. The summed E-state index contributed by atoms with van der Waals surface area (Å²) in [5.74, 6) is -0.588. The summed E-state index contributed by atoms with van der Waals surface area (Å²) in [4.78, 5) is 12.1. The van der Waals surface area contributed by atoms with Crippen molar-refractivity contribution in [1.29, 1.82) is 0 Å². The number of nitrogens with one attached hydrogen (secondary N) is 1. The molecule has 1 heterocycles. The summed E-state index contributed by atoms with van der Waals surface area (Å²) in [7, 11) is -3.61. The molecule has 128 valence electrons. The Morgan fingerprint density at radius 3 is 2.43 bits per heavy atom. The lowest BCUT2D eigenvalue weighted by Gasteiger charge is -2.30. The van der Waals surface area contributed by atoms with Crippen LogP contribution in [0.25, 0.3) is 0 Å².